The van der Waals surface area contributed by atoms with Gasteiger partial charge in [-0.1, -0.05) is 34.1 Å². The number of halogens is 2. The highest BCUT2D eigenvalue weighted by molar-refractivity contribution is 9.11. The zero-order valence-corrected chi connectivity index (χ0v) is 11.4. The van der Waals surface area contributed by atoms with Crippen molar-refractivity contribution in [2.75, 3.05) is 0 Å². The molecule has 1 saturated heterocycles. The smallest absolute Gasteiger partial charge is 0.261 e. The Balaban J connectivity index is 2.07. The fraction of sp³-hybridized carbons (Fsp3) is 0.214. The van der Waals surface area contributed by atoms with Crippen LogP contribution in [-0.2, 0) is 10.4 Å². The molecule has 1 aliphatic heterocycles. The standard InChI is InChI=1S/C14H11BrFNO2/c15-9-3-6-12-11(7-9)14(19,13(18)17-12)8-1-4-10(16)5-2-8/h1-6,11,19H,7H2,(H,17,18). The number of allylic oxidation sites excluding steroid dienone is 3. The monoisotopic (exact) mass is 323 g/mol. The summed E-state index contributed by atoms with van der Waals surface area (Å²) in [4.78, 5) is 12.1. The molecule has 3 nitrogen and oxygen atoms in total. The third-order valence-electron chi connectivity index (χ3n) is 3.61. The highest BCUT2D eigenvalue weighted by Crippen LogP contribution is 2.45. The number of nitrogens with one attached hydrogen (secondary N) is 1. The number of benzene rings is 1. The second-order valence-electron chi connectivity index (χ2n) is 4.72. The molecule has 0 aromatic heterocycles. The molecule has 5 heteroatoms. The number of hydrogen-bond acceptors (Lipinski definition) is 2. The molecular formula is C14H11BrFNO2. The summed E-state index contributed by atoms with van der Waals surface area (Å²) in [6.07, 6.45) is 4.15. The Bertz CT molecular complexity index is 608. The molecule has 1 aromatic carbocycles. The lowest BCUT2D eigenvalue weighted by molar-refractivity contribution is -0.139. The minimum Gasteiger partial charge on any atom is -0.375 e. The Hall–Kier alpha value is -1.46. The maximum atomic E-state index is 13.0. The Morgan fingerprint density at radius 2 is 2.00 bits per heavy atom. The van der Waals surface area contributed by atoms with Gasteiger partial charge in [0.1, 0.15) is 5.82 Å². The summed E-state index contributed by atoms with van der Waals surface area (Å²) in [5, 5.41) is 13.5. The zero-order chi connectivity index (χ0) is 13.6. The van der Waals surface area contributed by atoms with Crippen LogP contribution < -0.4 is 5.32 Å². The summed E-state index contributed by atoms with van der Waals surface area (Å²) in [5.41, 5.74) is -0.547. The van der Waals surface area contributed by atoms with E-state index < -0.39 is 17.3 Å². The number of hydrogen-bond donors (Lipinski definition) is 2. The molecule has 1 aliphatic carbocycles. The lowest BCUT2D eigenvalue weighted by Gasteiger charge is -2.28. The molecule has 98 valence electrons. The van der Waals surface area contributed by atoms with Crippen LogP contribution in [0.4, 0.5) is 4.39 Å². The van der Waals surface area contributed by atoms with Crippen LogP contribution in [0.5, 0.6) is 0 Å². The fourth-order valence-electron chi connectivity index (χ4n) is 2.59. The van der Waals surface area contributed by atoms with Crippen molar-refractivity contribution < 1.29 is 14.3 Å². The number of carbonyl (C=O) groups excluding carboxylic acids is 1. The molecule has 2 N–H and O–H groups in total. The van der Waals surface area contributed by atoms with E-state index in [2.05, 4.69) is 21.2 Å². The first kappa shape index (κ1) is 12.6. The summed E-state index contributed by atoms with van der Waals surface area (Å²) in [6.45, 7) is 0. The zero-order valence-electron chi connectivity index (χ0n) is 9.86. The molecule has 0 bridgehead atoms. The van der Waals surface area contributed by atoms with Crippen molar-refractivity contribution in [2.24, 2.45) is 5.92 Å². The van der Waals surface area contributed by atoms with E-state index in [0.29, 0.717) is 17.7 Å². The van der Waals surface area contributed by atoms with Gasteiger partial charge in [-0.05, 0) is 34.7 Å². The maximum absolute atomic E-state index is 13.0. The van der Waals surface area contributed by atoms with Crippen molar-refractivity contribution in [3.05, 3.63) is 58.0 Å². The molecule has 0 saturated carbocycles. The van der Waals surface area contributed by atoms with E-state index in [1.165, 1.54) is 24.3 Å². The van der Waals surface area contributed by atoms with Gasteiger partial charge in [0.05, 0.1) is 0 Å². The third kappa shape index (κ3) is 1.84. The minimum atomic E-state index is -1.65. The minimum absolute atomic E-state index is 0.371. The van der Waals surface area contributed by atoms with Gasteiger partial charge >= 0.3 is 0 Å². The quantitative estimate of drug-likeness (QED) is 0.833. The predicted molar refractivity (Wildman–Crippen MR) is 71.6 cm³/mol. The van der Waals surface area contributed by atoms with Crippen molar-refractivity contribution in [2.45, 2.75) is 12.0 Å². The molecule has 1 heterocycles. The van der Waals surface area contributed by atoms with E-state index in [4.69, 9.17) is 0 Å². The van der Waals surface area contributed by atoms with Crippen LogP contribution in [0.3, 0.4) is 0 Å². The van der Waals surface area contributed by atoms with Gasteiger partial charge in [-0.15, -0.1) is 0 Å². The van der Waals surface area contributed by atoms with Crippen LogP contribution >= 0.6 is 15.9 Å². The molecule has 2 unspecified atom stereocenters. The Morgan fingerprint density at radius 1 is 1.32 bits per heavy atom. The van der Waals surface area contributed by atoms with Gasteiger partial charge in [0.25, 0.3) is 5.91 Å². The molecule has 1 aromatic rings. The topological polar surface area (TPSA) is 49.3 Å². The summed E-state index contributed by atoms with van der Waals surface area (Å²) in [7, 11) is 0. The van der Waals surface area contributed by atoms with Gasteiger partial charge in [-0.2, -0.15) is 0 Å². The van der Waals surface area contributed by atoms with Crippen LogP contribution in [0.25, 0.3) is 0 Å². The Kier molecular flexibility index (Phi) is 2.83. The number of rotatable bonds is 1. The summed E-state index contributed by atoms with van der Waals surface area (Å²) in [6, 6.07) is 5.39. The molecule has 2 atom stereocenters. The van der Waals surface area contributed by atoms with E-state index in [9.17, 15) is 14.3 Å². The Morgan fingerprint density at radius 3 is 2.68 bits per heavy atom. The SMILES string of the molecule is O=C1NC2=CC=C(Br)CC2C1(O)c1ccc(F)cc1. The van der Waals surface area contributed by atoms with Gasteiger partial charge in [-0.25, -0.2) is 4.39 Å². The van der Waals surface area contributed by atoms with E-state index in [1.54, 1.807) is 6.08 Å². The van der Waals surface area contributed by atoms with Gasteiger partial charge in [0.2, 0.25) is 0 Å². The van der Waals surface area contributed by atoms with Crippen LogP contribution in [-0.4, -0.2) is 11.0 Å². The fourth-order valence-corrected chi connectivity index (χ4v) is 3.05. The average molecular weight is 324 g/mol. The lowest BCUT2D eigenvalue weighted by Crippen LogP contribution is -2.39. The van der Waals surface area contributed by atoms with Crippen molar-refractivity contribution in [3.8, 4) is 0 Å². The van der Waals surface area contributed by atoms with Gasteiger partial charge in [0, 0.05) is 11.6 Å². The maximum Gasteiger partial charge on any atom is 0.261 e. The van der Waals surface area contributed by atoms with E-state index in [1.807, 2.05) is 6.08 Å². The highest BCUT2D eigenvalue weighted by Gasteiger charge is 2.53. The first-order chi connectivity index (χ1) is 9.01. The number of amides is 1. The highest BCUT2D eigenvalue weighted by atomic mass is 79.9. The van der Waals surface area contributed by atoms with E-state index in [0.717, 1.165) is 4.48 Å². The summed E-state index contributed by atoms with van der Waals surface area (Å²) >= 11 is 3.39. The van der Waals surface area contributed by atoms with Crippen molar-refractivity contribution >= 4 is 21.8 Å². The lowest BCUT2D eigenvalue weighted by atomic mass is 9.79. The molecule has 3 rings (SSSR count). The van der Waals surface area contributed by atoms with Crippen molar-refractivity contribution in [1.29, 1.82) is 0 Å². The van der Waals surface area contributed by atoms with Gasteiger partial charge in [-0.3, -0.25) is 4.79 Å². The van der Waals surface area contributed by atoms with E-state index in [-0.39, 0.29) is 5.92 Å². The van der Waals surface area contributed by atoms with Crippen molar-refractivity contribution in [3.63, 3.8) is 0 Å². The largest absolute Gasteiger partial charge is 0.375 e. The number of fused-ring (bicyclic) bond motifs is 1. The molecule has 1 amide bonds. The van der Waals surface area contributed by atoms with Crippen LogP contribution in [0.1, 0.15) is 12.0 Å². The molecular weight excluding hydrogens is 313 g/mol. The van der Waals surface area contributed by atoms with Crippen LogP contribution in [0, 0.1) is 11.7 Å². The van der Waals surface area contributed by atoms with Crippen LogP contribution in [0.15, 0.2) is 46.6 Å². The molecule has 1 fully saturated rings. The van der Waals surface area contributed by atoms with Crippen LogP contribution in [0.2, 0.25) is 0 Å². The molecule has 19 heavy (non-hydrogen) atoms. The first-order valence-corrected chi connectivity index (χ1v) is 6.67. The van der Waals surface area contributed by atoms with Gasteiger partial charge in [0.15, 0.2) is 5.60 Å². The molecule has 2 aliphatic rings. The van der Waals surface area contributed by atoms with Gasteiger partial charge < -0.3 is 10.4 Å². The number of aliphatic hydroxyl groups is 1. The van der Waals surface area contributed by atoms with E-state index >= 15 is 0 Å². The normalized spacial score (nSPS) is 29.4. The predicted octanol–water partition coefficient (Wildman–Crippen LogP) is 2.33. The number of carbonyl (C=O) groups is 1. The Labute approximate surface area is 117 Å². The second-order valence-corrected chi connectivity index (χ2v) is 5.74. The summed E-state index contributed by atoms with van der Waals surface area (Å²) in [5.74, 6) is -1.23. The molecule has 0 spiro atoms. The third-order valence-corrected chi connectivity index (χ3v) is 4.20. The first-order valence-electron chi connectivity index (χ1n) is 5.88. The average Bonchev–Trinajstić information content (AvgIpc) is 2.64. The van der Waals surface area contributed by atoms with Crippen molar-refractivity contribution in [1.82, 2.24) is 5.32 Å². The molecule has 0 radical (unpaired) electrons. The second kappa shape index (κ2) is 4.28. The summed E-state index contributed by atoms with van der Waals surface area (Å²) < 4.78 is 13.9.